The summed E-state index contributed by atoms with van der Waals surface area (Å²) in [5.41, 5.74) is -0.939. The topological polar surface area (TPSA) is 91.9 Å². The maximum absolute atomic E-state index is 15.4. The number of likely N-dealkylation sites (tertiary alicyclic amines) is 1. The van der Waals surface area contributed by atoms with Gasteiger partial charge in [-0.3, -0.25) is 0 Å². The van der Waals surface area contributed by atoms with Crippen LogP contribution in [0.3, 0.4) is 0 Å². The average molecular weight is 559 g/mol. The highest BCUT2D eigenvalue weighted by Gasteiger charge is 2.37. The predicted octanol–water partition coefficient (Wildman–Crippen LogP) is 4.96. The number of nitrogens with one attached hydrogen (secondary N) is 3. The molecule has 11 heteroatoms. The van der Waals surface area contributed by atoms with Crippen LogP contribution in [0.15, 0.2) is 18.2 Å². The number of benzene rings is 1. The lowest BCUT2D eigenvalue weighted by Gasteiger charge is -2.38. The minimum atomic E-state index is -1.25. The highest BCUT2D eigenvalue weighted by atomic mass is 35.5. The second kappa shape index (κ2) is 14.8. The Balaban J connectivity index is 1.68. The number of alkyl carbamates (subject to hydrolysis) is 1. The summed E-state index contributed by atoms with van der Waals surface area (Å²) >= 11 is 6.06. The normalized spacial score (nSPS) is 20.9. The average Bonchev–Trinajstić information content (AvgIpc) is 2.91. The molecule has 0 aromatic heterocycles. The number of alkyl halides is 1. The van der Waals surface area contributed by atoms with E-state index < -0.39 is 23.7 Å². The van der Waals surface area contributed by atoms with Crippen LogP contribution in [0.4, 0.5) is 18.4 Å². The molecular weight excluding hydrogens is 518 g/mol. The number of ether oxygens (including phenoxy) is 2. The molecule has 3 N–H and O–H groups in total. The molecule has 3 atom stereocenters. The quantitative estimate of drug-likeness (QED) is 0.334. The maximum atomic E-state index is 15.4. The molecule has 2 aliphatic rings. The molecule has 0 spiro atoms. The van der Waals surface area contributed by atoms with Gasteiger partial charge in [-0.05, 0) is 38.8 Å². The monoisotopic (exact) mass is 558 g/mol. The Morgan fingerprint density at radius 2 is 2.00 bits per heavy atom. The Labute approximate surface area is 229 Å². The summed E-state index contributed by atoms with van der Waals surface area (Å²) in [6, 6.07) is 4.18. The molecule has 0 radical (unpaired) electrons. The molecule has 1 saturated carbocycles. The van der Waals surface area contributed by atoms with Gasteiger partial charge in [-0.1, -0.05) is 43.0 Å². The number of amides is 3. The summed E-state index contributed by atoms with van der Waals surface area (Å²) in [4.78, 5) is 26.4. The minimum absolute atomic E-state index is 0.00744. The first-order valence-corrected chi connectivity index (χ1v) is 13.9. The molecule has 1 aliphatic carbocycles. The zero-order valence-electron chi connectivity index (χ0n) is 22.4. The van der Waals surface area contributed by atoms with Crippen molar-refractivity contribution in [3.8, 4) is 0 Å². The summed E-state index contributed by atoms with van der Waals surface area (Å²) in [6.07, 6.45) is 4.33. The van der Waals surface area contributed by atoms with E-state index in [1.165, 1.54) is 13.2 Å². The van der Waals surface area contributed by atoms with Crippen LogP contribution in [0.1, 0.15) is 63.0 Å². The number of methoxy groups -OCH3 is 1. The number of likely N-dealkylation sites (N-methyl/N-ethyl adjacent to an activating group) is 1. The lowest BCUT2D eigenvalue weighted by atomic mass is 9.82. The zero-order valence-corrected chi connectivity index (χ0v) is 23.1. The van der Waals surface area contributed by atoms with Gasteiger partial charge in [0.2, 0.25) is 0 Å². The van der Waals surface area contributed by atoms with E-state index in [2.05, 4.69) is 20.7 Å². The molecule has 3 rings (SSSR count). The Kier molecular flexibility index (Phi) is 11.9. The van der Waals surface area contributed by atoms with Crippen molar-refractivity contribution in [2.45, 2.75) is 69.2 Å². The number of urea groups is 1. The third-order valence-electron chi connectivity index (χ3n) is 7.46. The van der Waals surface area contributed by atoms with Gasteiger partial charge in [-0.15, -0.1) is 0 Å². The summed E-state index contributed by atoms with van der Waals surface area (Å²) in [7, 11) is 3.06. The Morgan fingerprint density at radius 3 is 2.71 bits per heavy atom. The standard InChI is InChI=1S/C27H41ClF2N4O4/c1-31-17-20(16-27(30)11-4-3-5-12-27)33-25(35)34-14-7-8-19(18-34)24(38-15-13-32-26(36)37-2)21-9-6-10-22(28)23(21)29/h6,9-10,19-20,24,31H,3-5,7-8,11-18H2,1-2H3,(H,32,36)(H,33,35)/t19-,20+,24-/m1/s1. The molecular formula is C27H41ClF2N4O4. The third-order valence-corrected chi connectivity index (χ3v) is 7.75. The van der Waals surface area contributed by atoms with Crippen molar-refractivity contribution in [1.82, 2.24) is 20.9 Å². The molecule has 1 saturated heterocycles. The van der Waals surface area contributed by atoms with Gasteiger partial charge in [0.15, 0.2) is 0 Å². The van der Waals surface area contributed by atoms with E-state index in [0.717, 1.165) is 25.7 Å². The maximum Gasteiger partial charge on any atom is 0.406 e. The van der Waals surface area contributed by atoms with Crippen LogP contribution < -0.4 is 16.0 Å². The predicted molar refractivity (Wildman–Crippen MR) is 143 cm³/mol. The second-order valence-electron chi connectivity index (χ2n) is 10.3. The number of hydrogen-bond donors (Lipinski definition) is 3. The lowest BCUT2D eigenvalue weighted by Crippen LogP contribution is -2.53. The molecule has 1 heterocycles. The minimum Gasteiger partial charge on any atom is -0.453 e. The molecule has 1 aromatic carbocycles. The van der Waals surface area contributed by atoms with Gasteiger partial charge in [0.05, 0.1) is 24.8 Å². The van der Waals surface area contributed by atoms with Crippen LogP contribution in [0.2, 0.25) is 5.02 Å². The van der Waals surface area contributed by atoms with Crippen molar-refractivity contribution < 1.29 is 27.8 Å². The summed E-state index contributed by atoms with van der Waals surface area (Å²) in [5.74, 6) is -0.759. The van der Waals surface area contributed by atoms with Gasteiger partial charge in [0.1, 0.15) is 11.5 Å². The fourth-order valence-corrected chi connectivity index (χ4v) is 5.77. The molecule has 2 fully saturated rings. The van der Waals surface area contributed by atoms with Crippen LogP contribution in [0, 0.1) is 11.7 Å². The van der Waals surface area contributed by atoms with Crippen LogP contribution in [0.5, 0.6) is 0 Å². The number of piperidine rings is 1. The van der Waals surface area contributed by atoms with E-state index in [9.17, 15) is 9.59 Å². The van der Waals surface area contributed by atoms with Crippen molar-refractivity contribution in [3.63, 3.8) is 0 Å². The second-order valence-corrected chi connectivity index (χ2v) is 10.7. The first-order valence-electron chi connectivity index (χ1n) is 13.5. The van der Waals surface area contributed by atoms with Gasteiger partial charge in [-0.25, -0.2) is 18.4 Å². The highest BCUT2D eigenvalue weighted by molar-refractivity contribution is 6.30. The Morgan fingerprint density at radius 1 is 1.24 bits per heavy atom. The van der Waals surface area contributed by atoms with Crippen LogP contribution in [0.25, 0.3) is 0 Å². The van der Waals surface area contributed by atoms with Gasteiger partial charge >= 0.3 is 12.1 Å². The molecule has 0 unspecified atom stereocenters. The Bertz CT molecular complexity index is 919. The van der Waals surface area contributed by atoms with Crippen LogP contribution in [-0.2, 0) is 9.47 Å². The van der Waals surface area contributed by atoms with E-state index >= 15 is 8.78 Å². The highest BCUT2D eigenvalue weighted by Crippen LogP contribution is 2.37. The van der Waals surface area contributed by atoms with E-state index in [-0.39, 0.29) is 42.6 Å². The van der Waals surface area contributed by atoms with Gasteiger partial charge in [0, 0.05) is 50.1 Å². The van der Waals surface area contributed by atoms with Crippen molar-refractivity contribution in [3.05, 3.63) is 34.6 Å². The summed E-state index contributed by atoms with van der Waals surface area (Å²) in [6.45, 7) is 1.67. The Hall–Kier alpha value is -2.17. The molecule has 1 aliphatic heterocycles. The first kappa shape index (κ1) is 30.4. The smallest absolute Gasteiger partial charge is 0.406 e. The zero-order chi connectivity index (χ0) is 27.5. The van der Waals surface area contributed by atoms with E-state index in [1.807, 2.05) is 0 Å². The SMILES string of the molecule is CNC[C@H](CC1(F)CCCCC1)NC(=O)N1CCC[C@@H]([C@@H](OCCNC(=O)OC)c2cccc(Cl)c2F)C1. The number of halogens is 3. The van der Waals surface area contributed by atoms with Crippen molar-refractivity contribution in [2.75, 3.05) is 46.9 Å². The first-order chi connectivity index (χ1) is 18.3. The van der Waals surface area contributed by atoms with Gasteiger partial charge < -0.3 is 30.3 Å². The molecule has 38 heavy (non-hydrogen) atoms. The third kappa shape index (κ3) is 8.68. The van der Waals surface area contributed by atoms with Gasteiger partial charge in [0.25, 0.3) is 0 Å². The van der Waals surface area contributed by atoms with Crippen molar-refractivity contribution in [2.24, 2.45) is 5.92 Å². The number of carbonyl (C=O) groups excluding carboxylic acids is 2. The molecule has 3 amide bonds. The van der Waals surface area contributed by atoms with Crippen LogP contribution in [-0.4, -0.2) is 75.7 Å². The van der Waals surface area contributed by atoms with Crippen molar-refractivity contribution in [1.29, 1.82) is 0 Å². The number of rotatable bonds is 11. The molecule has 0 bridgehead atoms. The summed E-state index contributed by atoms with van der Waals surface area (Å²) < 4.78 is 41.1. The summed E-state index contributed by atoms with van der Waals surface area (Å²) in [5, 5.41) is 8.65. The lowest BCUT2D eigenvalue weighted by molar-refractivity contribution is -0.0107. The number of hydrogen-bond acceptors (Lipinski definition) is 5. The van der Waals surface area contributed by atoms with E-state index in [1.54, 1.807) is 24.1 Å². The van der Waals surface area contributed by atoms with E-state index in [0.29, 0.717) is 44.5 Å². The van der Waals surface area contributed by atoms with Crippen molar-refractivity contribution >= 4 is 23.7 Å². The van der Waals surface area contributed by atoms with Crippen LogP contribution >= 0.6 is 11.6 Å². The largest absolute Gasteiger partial charge is 0.453 e. The molecule has 214 valence electrons. The molecule has 8 nitrogen and oxygen atoms in total. The van der Waals surface area contributed by atoms with E-state index in [4.69, 9.17) is 16.3 Å². The number of carbonyl (C=O) groups is 2. The molecule has 1 aromatic rings. The fraction of sp³-hybridized carbons (Fsp3) is 0.704. The fourth-order valence-electron chi connectivity index (χ4n) is 5.59. The van der Waals surface area contributed by atoms with Gasteiger partial charge in [-0.2, -0.15) is 0 Å². The number of nitrogens with zero attached hydrogens (tertiary/aromatic N) is 1.